The molecule has 27 heavy (non-hydrogen) atoms. The van der Waals surface area contributed by atoms with Crippen molar-refractivity contribution in [1.82, 2.24) is 5.32 Å². The fourth-order valence-electron chi connectivity index (χ4n) is 2.67. The van der Waals surface area contributed by atoms with Gasteiger partial charge in [-0.3, -0.25) is 4.79 Å². The minimum absolute atomic E-state index is 0.303. The van der Waals surface area contributed by atoms with E-state index in [1.165, 1.54) is 0 Å². The van der Waals surface area contributed by atoms with Crippen molar-refractivity contribution >= 4 is 17.6 Å². The first-order chi connectivity index (χ1) is 12.9. The Bertz CT molecular complexity index is 746. The van der Waals surface area contributed by atoms with Gasteiger partial charge in [0, 0.05) is 11.6 Å². The molecule has 5 nitrogen and oxygen atoms in total. The summed E-state index contributed by atoms with van der Waals surface area (Å²) in [6.07, 6.45) is 0.578. The van der Waals surface area contributed by atoms with E-state index in [0.717, 1.165) is 11.1 Å². The van der Waals surface area contributed by atoms with Gasteiger partial charge in [0.15, 0.2) is 11.5 Å². The van der Waals surface area contributed by atoms with Crippen molar-refractivity contribution in [3.8, 4) is 11.5 Å². The monoisotopic (exact) mass is 391 g/mol. The summed E-state index contributed by atoms with van der Waals surface area (Å²) in [5.74, 6) is 0.711. The zero-order valence-electron chi connectivity index (χ0n) is 15.9. The molecule has 0 amide bonds. The molecule has 0 aliphatic rings. The maximum atomic E-state index is 11.4. The lowest BCUT2D eigenvalue weighted by Crippen LogP contribution is -2.37. The van der Waals surface area contributed by atoms with Gasteiger partial charge in [-0.25, -0.2) is 0 Å². The Balaban J connectivity index is 2.00. The van der Waals surface area contributed by atoms with Crippen molar-refractivity contribution < 1.29 is 19.4 Å². The predicted molar refractivity (Wildman–Crippen MR) is 106 cm³/mol. The number of carboxylic acid groups (broad SMARTS) is 1. The summed E-state index contributed by atoms with van der Waals surface area (Å²) >= 11 is 5.89. The normalized spacial score (nSPS) is 12.0. The van der Waals surface area contributed by atoms with Crippen molar-refractivity contribution in [2.24, 2.45) is 5.92 Å². The smallest absolute Gasteiger partial charge is 0.320 e. The minimum Gasteiger partial charge on any atom is -0.493 e. The van der Waals surface area contributed by atoms with Gasteiger partial charge in [0.05, 0.1) is 7.11 Å². The second-order valence-corrected chi connectivity index (χ2v) is 7.24. The molecular formula is C21H26ClNO4. The summed E-state index contributed by atoms with van der Waals surface area (Å²) in [7, 11) is 1.58. The summed E-state index contributed by atoms with van der Waals surface area (Å²) in [6, 6.07) is 12.5. The first kappa shape index (κ1) is 21.1. The van der Waals surface area contributed by atoms with Crippen LogP contribution in [0.15, 0.2) is 42.5 Å². The van der Waals surface area contributed by atoms with Gasteiger partial charge in [-0.2, -0.15) is 0 Å². The molecule has 146 valence electrons. The number of rotatable bonds is 10. The molecule has 0 heterocycles. The van der Waals surface area contributed by atoms with Crippen molar-refractivity contribution in [3.05, 3.63) is 58.6 Å². The second-order valence-electron chi connectivity index (χ2n) is 6.80. The van der Waals surface area contributed by atoms with Crippen LogP contribution >= 0.6 is 11.6 Å². The minimum atomic E-state index is -0.835. The quantitative estimate of drug-likeness (QED) is 0.623. The number of aliphatic carboxylic acids is 1. The fraction of sp³-hybridized carbons (Fsp3) is 0.381. The molecule has 0 aliphatic heterocycles. The molecule has 2 aromatic carbocycles. The summed E-state index contributed by atoms with van der Waals surface area (Å²) in [6.45, 7) is 4.86. The van der Waals surface area contributed by atoms with Gasteiger partial charge in [0.25, 0.3) is 0 Å². The number of ether oxygens (including phenoxy) is 2. The Kier molecular flexibility index (Phi) is 7.95. The van der Waals surface area contributed by atoms with Crippen molar-refractivity contribution in [2.75, 3.05) is 7.11 Å². The lowest BCUT2D eigenvalue weighted by Gasteiger charge is -2.17. The number of hydrogen-bond donors (Lipinski definition) is 2. The van der Waals surface area contributed by atoms with Crippen molar-refractivity contribution in [1.29, 1.82) is 0 Å². The molecular weight excluding hydrogens is 366 g/mol. The van der Waals surface area contributed by atoms with Crippen LogP contribution in [0.25, 0.3) is 0 Å². The highest BCUT2D eigenvalue weighted by molar-refractivity contribution is 6.30. The zero-order valence-corrected chi connectivity index (χ0v) is 16.6. The highest BCUT2D eigenvalue weighted by Gasteiger charge is 2.18. The first-order valence-electron chi connectivity index (χ1n) is 8.89. The molecule has 0 saturated carbocycles. The molecule has 2 rings (SSSR count). The largest absolute Gasteiger partial charge is 0.493 e. The Hall–Kier alpha value is -2.24. The van der Waals surface area contributed by atoms with Gasteiger partial charge in [0.1, 0.15) is 12.6 Å². The zero-order chi connectivity index (χ0) is 19.8. The van der Waals surface area contributed by atoms with Crippen LogP contribution < -0.4 is 14.8 Å². The number of carboxylic acids is 1. The summed E-state index contributed by atoms with van der Waals surface area (Å²) < 4.78 is 11.3. The topological polar surface area (TPSA) is 67.8 Å². The van der Waals surface area contributed by atoms with Crippen molar-refractivity contribution in [2.45, 2.75) is 39.5 Å². The highest BCUT2D eigenvalue weighted by Crippen LogP contribution is 2.29. The van der Waals surface area contributed by atoms with E-state index in [1.807, 2.05) is 56.3 Å². The molecule has 0 saturated heterocycles. The molecule has 6 heteroatoms. The van der Waals surface area contributed by atoms with E-state index in [2.05, 4.69) is 5.32 Å². The maximum Gasteiger partial charge on any atom is 0.320 e. The van der Waals surface area contributed by atoms with Crippen LogP contribution in [-0.2, 0) is 17.9 Å². The van der Waals surface area contributed by atoms with Crippen LogP contribution in [0.3, 0.4) is 0 Å². The van der Waals surface area contributed by atoms with Crippen LogP contribution in [0, 0.1) is 5.92 Å². The summed E-state index contributed by atoms with van der Waals surface area (Å²) in [4.78, 5) is 11.4. The van der Waals surface area contributed by atoms with Crippen LogP contribution in [0.1, 0.15) is 31.4 Å². The van der Waals surface area contributed by atoms with Crippen LogP contribution in [0.5, 0.6) is 11.5 Å². The molecule has 0 spiro atoms. The summed E-state index contributed by atoms with van der Waals surface area (Å²) in [5, 5.41) is 13.1. The highest BCUT2D eigenvalue weighted by atomic mass is 35.5. The van der Waals surface area contributed by atoms with Crippen LogP contribution in [0.4, 0.5) is 0 Å². The molecule has 0 bridgehead atoms. The number of carbonyl (C=O) groups is 1. The lowest BCUT2D eigenvalue weighted by molar-refractivity contribution is -0.140. The average Bonchev–Trinajstić information content (AvgIpc) is 2.64. The van der Waals surface area contributed by atoms with Crippen LogP contribution in [0.2, 0.25) is 5.02 Å². The molecule has 2 aromatic rings. The molecule has 0 aromatic heterocycles. The van der Waals surface area contributed by atoms with E-state index in [4.69, 9.17) is 21.1 Å². The Labute approximate surface area is 165 Å². The van der Waals surface area contributed by atoms with E-state index in [0.29, 0.717) is 42.0 Å². The van der Waals surface area contributed by atoms with Gasteiger partial charge < -0.3 is 19.9 Å². The molecule has 0 radical (unpaired) electrons. The Morgan fingerprint density at radius 2 is 1.78 bits per heavy atom. The van der Waals surface area contributed by atoms with E-state index in [-0.39, 0.29) is 0 Å². The molecule has 1 atom stereocenters. The molecule has 0 fully saturated rings. The van der Waals surface area contributed by atoms with Gasteiger partial charge in [0.2, 0.25) is 0 Å². The number of benzene rings is 2. The van der Waals surface area contributed by atoms with E-state index in [9.17, 15) is 9.90 Å². The predicted octanol–water partition coefficient (Wildman–Crippen LogP) is 4.52. The standard InChI is InChI=1S/C21H26ClNO4/c1-14(2)10-18(21(24)25)23-12-16-6-9-19(20(11-16)26-3)27-13-15-4-7-17(22)8-5-15/h4-9,11,14,18,23H,10,12-13H2,1-3H3,(H,24,25)/t18-/m0/s1. The molecule has 0 aliphatic carbocycles. The van der Waals surface area contributed by atoms with Crippen molar-refractivity contribution in [3.63, 3.8) is 0 Å². The fourth-order valence-corrected chi connectivity index (χ4v) is 2.79. The second kappa shape index (κ2) is 10.2. The van der Waals surface area contributed by atoms with E-state index < -0.39 is 12.0 Å². The first-order valence-corrected chi connectivity index (χ1v) is 9.27. The third kappa shape index (κ3) is 6.77. The van der Waals surface area contributed by atoms with E-state index >= 15 is 0 Å². The number of methoxy groups -OCH3 is 1. The van der Waals surface area contributed by atoms with Gasteiger partial charge >= 0.3 is 5.97 Å². The number of halogens is 1. The van der Waals surface area contributed by atoms with Gasteiger partial charge in [-0.15, -0.1) is 0 Å². The number of nitrogens with one attached hydrogen (secondary N) is 1. The lowest BCUT2D eigenvalue weighted by atomic mass is 10.0. The third-order valence-corrected chi connectivity index (χ3v) is 4.35. The SMILES string of the molecule is COc1cc(CN[C@@H](CC(C)C)C(=O)O)ccc1OCc1ccc(Cl)cc1. The van der Waals surface area contributed by atoms with Gasteiger partial charge in [-0.05, 0) is 47.7 Å². The Morgan fingerprint density at radius 1 is 1.11 bits per heavy atom. The molecule has 2 N–H and O–H groups in total. The third-order valence-electron chi connectivity index (χ3n) is 4.09. The molecule has 0 unspecified atom stereocenters. The van der Waals surface area contributed by atoms with Crippen LogP contribution in [-0.4, -0.2) is 24.2 Å². The number of hydrogen-bond acceptors (Lipinski definition) is 4. The summed E-state index contributed by atoms with van der Waals surface area (Å²) in [5.41, 5.74) is 1.94. The van der Waals surface area contributed by atoms with Gasteiger partial charge in [-0.1, -0.05) is 43.6 Å². The van der Waals surface area contributed by atoms with E-state index in [1.54, 1.807) is 7.11 Å². The average molecular weight is 392 g/mol. The Morgan fingerprint density at radius 3 is 2.37 bits per heavy atom. The maximum absolute atomic E-state index is 11.4.